The lowest BCUT2D eigenvalue weighted by Gasteiger charge is -2.10. The molecule has 1 N–H and O–H groups in total. The zero-order valence-electron chi connectivity index (χ0n) is 8.65. The highest BCUT2D eigenvalue weighted by Gasteiger charge is 2.28. The first-order valence-electron chi connectivity index (χ1n) is 5.28. The van der Waals surface area contributed by atoms with Crippen LogP contribution in [-0.4, -0.2) is 37.4 Å². The van der Waals surface area contributed by atoms with Crippen molar-refractivity contribution in [2.45, 2.75) is 25.0 Å². The van der Waals surface area contributed by atoms with E-state index >= 15 is 0 Å². The molecule has 2 aromatic rings. The van der Waals surface area contributed by atoms with Crippen molar-refractivity contribution in [3.8, 4) is 0 Å². The number of aromatic nitrogens is 4. The third-order valence-electron chi connectivity index (χ3n) is 2.86. The predicted octanol–water partition coefficient (Wildman–Crippen LogP) is 0.337. The maximum Gasteiger partial charge on any atom is 0.172 e. The highest BCUT2D eigenvalue weighted by Crippen LogP contribution is 2.32. The molecule has 16 heavy (non-hydrogen) atoms. The Bertz CT molecular complexity index is 498. The summed E-state index contributed by atoms with van der Waals surface area (Å²) in [6.07, 6.45) is 6.59. The fourth-order valence-corrected chi connectivity index (χ4v) is 2.05. The number of rotatable bonds is 2. The van der Waals surface area contributed by atoms with Gasteiger partial charge in [0.2, 0.25) is 0 Å². The fraction of sp³-hybridized carbons (Fsp3) is 0.500. The summed E-state index contributed by atoms with van der Waals surface area (Å²) < 4.78 is 7.43. The van der Waals surface area contributed by atoms with E-state index in [9.17, 15) is 0 Å². The summed E-state index contributed by atoms with van der Waals surface area (Å²) in [7, 11) is 0. The number of ether oxygens (including phenoxy) is 1. The normalized spacial score (nSPS) is 25.3. The van der Waals surface area contributed by atoms with E-state index in [0.29, 0.717) is 5.65 Å². The van der Waals surface area contributed by atoms with Gasteiger partial charge in [-0.05, 0) is 12.8 Å². The van der Waals surface area contributed by atoms with Gasteiger partial charge in [0.1, 0.15) is 12.4 Å². The Hall–Kier alpha value is -1.53. The summed E-state index contributed by atoms with van der Waals surface area (Å²) in [5.41, 5.74) is 1.64. The largest absolute Gasteiger partial charge is 0.394 e. The minimum Gasteiger partial charge on any atom is -0.394 e. The Balaban J connectivity index is 1.95. The molecular weight excluding hydrogens is 208 g/mol. The van der Waals surface area contributed by atoms with E-state index in [1.54, 1.807) is 16.9 Å². The second-order valence-electron chi connectivity index (χ2n) is 3.87. The lowest BCUT2D eigenvalue weighted by atomic mass is 10.1. The van der Waals surface area contributed by atoms with Crippen LogP contribution in [0.15, 0.2) is 18.7 Å². The van der Waals surface area contributed by atoms with E-state index in [1.165, 1.54) is 6.33 Å². The number of fused-ring (bicyclic) bond motifs is 1. The number of hydrogen-bond acceptors (Lipinski definition) is 5. The van der Waals surface area contributed by atoms with Crippen molar-refractivity contribution >= 4 is 5.65 Å². The molecule has 2 unspecified atom stereocenters. The molecule has 0 amide bonds. The molecule has 2 atom stereocenters. The van der Waals surface area contributed by atoms with E-state index in [0.717, 1.165) is 18.5 Å². The molecule has 0 saturated carbocycles. The van der Waals surface area contributed by atoms with Crippen molar-refractivity contribution in [3.05, 3.63) is 24.4 Å². The lowest BCUT2D eigenvalue weighted by molar-refractivity contribution is 0.00851. The van der Waals surface area contributed by atoms with Gasteiger partial charge in [-0.1, -0.05) is 0 Å². The molecule has 1 fully saturated rings. The molecule has 6 nitrogen and oxygen atoms in total. The third-order valence-corrected chi connectivity index (χ3v) is 2.86. The van der Waals surface area contributed by atoms with Crippen LogP contribution in [0.3, 0.4) is 0 Å². The van der Waals surface area contributed by atoms with E-state index in [4.69, 9.17) is 9.84 Å². The summed E-state index contributed by atoms with van der Waals surface area (Å²) in [6.45, 7) is 0.0716. The van der Waals surface area contributed by atoms with Crippen LogP contribution in [0.4, 0.5) is 0 Å². The van der Waals surface area contributed by atoms with E-state index < -0.39 is 0 Å². The van der Waals surface area contributed by atoms with Crippen LogP contribution in [-0.2, 0) is 4.74 Å². The van der Waals surface area contributed by atoms with Crippen LogP contribution in [0.5, 0.6) is 0 Å². The second kappa shape index (κ2) is 3.80. The average Bonchev–Trinajstić information content (AvgIpc) is 2.94. The highest BCUT2D eigenvalue weighted by atomic mass is 16.5. The molecule has 0 radical (unpaired) electrons. The maximum absolute atomic E-state index is 9.02. The monoisotopic (exact) mass is 220 g/mol. The molecule has 84 valence electrons. The molecule has 2 aromatic heterocycles. The molecule has 3 rings (SSSR count). The Morgan fingerprint density at radius 2 is 2.38 bits per heavy atom. The first kappa shape index (κ1) is 9.68. The number of nitrogens with zero attached hydrogens (tertiary/aromatic N) is 4. The van der Waals surface area contributed by atoms with Crippen molar-refractivity contribution in [1.82, 2.24) is 19.6 Å². The first-order valence-corrected chi connectivity index (χ1v) is 5.28. The van der Waals surface area contributed by atoms with Crippen LogP contribution in [0.2, 0.25) is 0 Å². The van der Waals surface area contributed by atoms with Crippen LogP contribution in [0.25, 0.3) is 5.65 Å². The minimum absolute atomic E-state index is 0.0259. The van der Waals surface area contributed by atoms with Gasteiger partial charge in [0.05, 0.1) is 30.8 Å². The number of aliphatic hydroxyl groups is 1. The topological polar surface area (TPSA) is 72.5 Å². The molecule has 0 bridgehead atoms. The zero-order valence-corrected chi connectivity index (χ0v) is 8.65. The molecule has 1 saturated heterocycles. The van der Waals surface area contributed by atoms with Crippen molar-refractivity contribution in [2.75, 3.05) is 6.61 Å². The zero-order chi connectivity index (χ0) is 11.0. The van der Waals surface area contributed by atoms with Crippen LogP contribution < -0.4 is 0 Å². The van der Waals surface area contributed by atoms with Gasteiger partial charge in [0, 0.05) is 0 Å². The Morgan fingerprint density at radius 1 is 1.44 bits per heavy atom. The molecule has 0 aliphatic carbocycles. The van der Waals surface area contributed by atoms with E-state index in [1.807, 2.05) is 0 Å². The second-order valence-corrected chi connectivity index (χ2v) is 3.87. The van der Waals surface area contributed by atoms with Crippen LogP contribution in [0, 0.1) is 0 Å². The van der Waals surface area contributed by atoms with Gasteiger partial charge in [-0.2, -0.15) is 5.10 Å². The van der Waals surface area contributed by atoms with Gasteiger partial charge in [-0.3, -0.25) is 0 Å². The summed E-state index contributed by atoms with van der Waals surface area (Å²) in [5.74, 6) is 0. The van der Waals surface area contributed by atoms with Crippen LogP contribution in [0.1, 0.15) is 24.6 Å². The predicted molar refractivity (Wildman–Crippen MR) is 54.7 cm³/mol. The molecule has 1 aliphatic rings. The summed E-state index contributed by atoms with van der Waals surface area (Å²) in [6, 6.07) is 0. The third kappa shape index (κ3) is 1.46. The number of aliphatic hydroxyl groups excluding tert-OH is 1. The molecule has 0 aromatic carbocycles. The average molecular weight is 220 g/mol. The standard InChI is InChI=1S/C10H12N4O2/c15-5-7-1-2-9(16-7)8-3-12-10-4-11-6-13-14(8)10/h3-4,6-7,9,15H,1-2,5H2. The highest BCUT2D eigenvalue weighted by molar-refractivity contribution is 5.35. The lowest BCUT2D eigenvalue weighted by Crippen LogP contribution is -2.12. The van der Waals surface area contributed by atoms with E-state index in [2.05, 4.69) is 15.1 Å². The van der Waals surface area contributed by atoms with Gasteiger partial charge >= 0.3 is 0 Å². The van der Waals surface area contributed by atoms with Crippen LogP contribution >= 0.6 is 0 Å². The van der Waals surface area contributed by atoms with Crippen molar-refractivity contribution in [2.24, 2.45) is 0 Å². The van der Waals surface area contributed by atoms with Crippen molar-refractivity contribution in [3.63, 3.8) is 0 Å². The van der Waals surface area contributed by atoms with Gasteiger partial charge < -0.3 is 9.84 Å². The van der Waals surface area contributed by atoms with Gasteiger partial charge in [0.15, 0.2) is 5.65 Å². The Kier molecular flexibility index (Phi) is 2.30. The summed E-state index contributed by atoms with van der Waals surface area (Å²) >= 11 is 0. The smallest absolute Gasteiger partial charge is 0.172 e. The Labute approximate surface area is 91.9 Å². The number of imidazole rings is 1. The molecule has 3 heterocycles. The van der Waals surface area contributed by atoms with Gasteiger partial charge in [-0.25, -0.2) is 14.5 Å². The Morgan fingerprint density at radius 3 is 3.19 bits per heavy atom. The number of hydrogen-bond donors (Lipinski definition) is 1. The van der Waals surface area contributed by atoms with Gasteiger partial charge in [-0.15, -0.1) is 0 Å². The molecule has 1 aliphatic heterocycles. The fourth-order valence-electron chi connectivity index (χ4n) is 2.05. The summed E-state index contributed by atoms with van der Waals surface area (Å²) in [4.78, 5) is 8.12. The molecule has 6 heteroatoms. The van der Waals surface area contributed by atoms with Gasteiger partial charge in [0.25, 0.3) is 0 Å². The molecular formula is C10H12N4O2. The quantitative estimate of drug-likeness (QED) is 0.790. The van der Waals surface area contributed by atoms with Crippen molar-refractivity contribution < 1.29 is 9.84 Å². The summed E-state index contributed by atoms with van der Waals surface area (Å²) in [5, 5.41) is 13.2. The SMILES string of the molecule is OCC1CCC(c2cnc3cncnn23)O1. The minimum atomic E-state index is -0.0580. The van der Waals surface area contributed by atoms with Crippen molar-refractivity contribution in [1.29, 1.82) is 0 Å². The maximum atomic E-state index is 9.02. The molecule has 0 spiro atoms. The first-order chi connectivity index (χ1) is 7.88. The van der Waals surface area contributed by atoms with E-state index in [-0.39, 0.29) is 18.8 Å².